The van der Waals surface area contributed by atoms with E-state index in [4.69, 9.17) is 5.73 Å². The van der Waals surface area contributed by atoms with Crippen LogP contribution in [0.4, 0.5) is 23.5 Å². The minimum absolute atomic E-state index is 0.0952. The summed E-state index contributed by atoms with van der Waals surface area (Å²) >= 11 is 0. The molecule has 3 N–H and O–H groups in total. The van der Waals surface area contributed by atoms with Gasteiger partial charge in [0, 0.05) is 5.39 Å². The predicted molar refractivity (Wildman–Crippen MR) is 107 cm³/mol. The first-order chi connectivity index (χ1) is 15.2. The van der Waals surface area contributed by atoms with Crippen LogP contribution in [0.15, 0.2) is 42.5 Å². The number of amides is 1. The van der Waals surface area contributed by atoms with Crippen molar-refractivity contribution in [2.45, 2.75) is 25.7 Å². The summed E-state index contributed by atoms with van der Waals surface area (Å²) in [5, 5.41) is 7.65. The Morgan fingerprint density at radius 2 is 1.97 bits per heavy atom. The Hall–Kier alpha value is -3.96. The van der Waals surface area contributed by atoms with Crippen LogP contribution in [0.2, 0.25) is 0 Å². The molecule has 0 fully saturated rings. The molecule has 32 heavy (non-hydrogen) atoms. The molecule has 0 radical (unpaired) electrons. The van der Waals surface area contributed by atoms with Crippen molar-refractivity contribution in [3.05, 3.63) is 48.3 Å². The van der Waals surface area contributed by atoms with Crippen LogP contribution in [0, 0.1) is 5.82 Å². The third-order valence-corrected chi connectivity index (χ3v) is 4.64. The molecule has 0 unspecified atom stereocenters. The van der Waals surface area contributed by atoms with E-state index in [9.17, 15) is 22.4 Å². The number of ether oxygens (including phenoxy) is 1. The number of anilines is 1. The van der Waals surface area contributed by atoms with E-state index in [-0.39, 0.29) is 23.0 Å². The maximum atomic E-state index is 13.9. The maximum absolute atomic E-state index is 13.9. The second-order valence-electron chi connectivity index (χ2n) is 6.82. The van der Waals surface area contributed by atoms with E-state index in [1.165, 1.54) is 4.52 Å². The van der Waals surface area contributed by atoms with Crippen molar-refractivity contribution < 1.29 is 27.1 Å². The van der Waals surface area contributed by atoms with Gasteiger partial charge in [0.2, 0.25) is 11.9 Å². The van der Waals surface area contributed by atoms with Gasteiger partial charge in [-0.25, -0.2) is 14.4 Å². The Morgan fingerprint density at radius 3 is 2.66 bits per heavy atom. The zero-order valence-electron chi connectivity index (χ0n) is 16.5. The summed E-state index contributed by atoms with van der Waals surface area (Å²) in [6, 6.07) is 8.60. The van der Waals surface area contributed by atoms with Crippen LogP contribution in [0.1, 0.15) is 13.3 Å². The van der Waals surface area contributed by atoms with E-state index in [1.54, 1.807) is 31.2 Å². The van der Waals surface area contributed by atoms with Crippen LogP contribution in [-0.4, -0.2) is 37.9 Å². The maximum Gasteiger partial charge on any atom is 0.573 e. The van der Waals surface area contributed by atoms with Gasteiger partial charge in [0.05, 0.1) is 11.1 Å². The highest BCUT2D eigenvalue weighted by Crippen LogP contribution is 2.34. The molecule has 4 rings (SSSR count). The first-order valence-electron chi connectivity index (χ1n) is 9.43. The second kappa shape index (κ2) is 7.94. The fourth-order valence-corrected chi connectivity index (χ4v) is 3.18. The van der Waals surface area contributed by atoms with Gasteiger partial charge >= 0.3 is 6.36 Å². The molecule has 12 heteroatoms. The van der Waals surface area contributed by atoms with E-state index in [0.29, 0.717) is 17.3 Å². The monoisotopic (exact) mass is 448 g/mol. The van der Waals surface area contributed by atoms with Crippen LogP contribution in [0.3, 0.4) is 0 Å². The fourth-order valence-electron chi connectivity index (χ4n) is 3.18. The minimum Gasteiger partial charge on any atom is -0.405 e. The number of fused-ring (bicyclic) bond motifs is 3. The first-order valence-corrected chi connectivity index (χ1v) is 9.43. The third kappa shape index (κ3) is 4.11. The van der Waals surface area contributed by atoms with Gasteiger partial charge in [-0.1, -0.05) is 19.1 Å². The quantitative estimate of drug-likeness (QED) is 0.436. The van der Waals surface area contributed by atoms with E-state index >= 15 is 0 Å². The average Bonchev–Trinajstić information content (AvgIpc) is 3.17. The molecular weight excluding hydrogens is 432 g/mol. The lowest BCUT2D eigenvalue weighted by Crippen LogP contribution is -2.35. The van der Waals surface area contributed by atoms with E-state index in [0.717, 1.165) is 18.2 Å². The number of aromatic nitrogens is 4. The summed E-state index contributed by atoms with van der Waals surface area (Å²) in [5.74, 6) is -2.21. The Morgan fingerprint density at radius 1 is 1.22 bits per heavy atom. The standard InChI is InChI=1S/C20H16F4N6O2/c1-2-13(16(25)31)26-19-27-14-6-4-3-5-11(14)18-28-17(29-30(18)19)12-9-10(21)7-8-15(12)32-20(22,23)24/h3-9,13H,2H2,1H3,(H2,25,31)(H,26,27)/t13-/m1/s1. The molecule has 0 saturated heterocycles. The summed E-state index contributed by atoms with van der Waals surface area (Å²) in [6.07, 6.45) is -4.65. The van der Waals surface area contributed by atoms with Crippen LogP contribution in [-0.2, 0) is 4.79 Å². The Bertz CT molecular complexity index is 1320. The number of para-hydroxylation sites is 1. The van der Waals surface area contributed by atoms with Crippen LogP contribution in [0.25, 0.3) is 27.9 Å². The number of hydrogen-bond acceptors (Lipinski definition) is 6. The molecule has 4 aromatic rings. The highest BCUT2D eigenvalue weighted by atomic mass is 19.4. The van der Waals surface area contributed by atoms with Gasteiger partial charge in [0.1, 0.15) is 17.6 Å². The molecule has 0 bridgehead atoms. The SMILES string of the molecule is CC[C@@H](Nc1nc2ccccc2c2nc(-c3cc(F)ccc3OC(F)(F)F)nn12)C(N)=O. The van der Waals surface area contributed by atoms with Crippen LogP contribution >= 0.6 is 0 Å². The number of hydrogen-bond donors (Lipinski definition) is 2. The van der Waals surface area contributed by atoms with Crippen molar-refractivity contribution in [2.24, 2.45) is 5.73 Å². The summed E-state index contributed by atoms with van der Waals surface area (Å²) in [5.41, 5.74) is 5.82. The molecule has 2 aromatic heterocycles. The smallest absolute Gasteiger partial charge is 0.405 e. The molecule has 0 saturated carbocycles. The molecule has 0 spiro atoms. The Labute approximate surface area is 178 Å². The number of nitrogens with two attached hydrogens (primary N) is 1. The van der Waals surface area contributed by atoms with Crippen molar-refractivity contribution in [2.75, 3.05) is 5.32 Å². The van der Waals surface area contributed by atoms with Gasteiger partial charge < -0.3 is 15.8 Å². The molecule has 0 aliphatic heterocycles. The number of benzene rings is 2. The van der Waals surface area contributed by atoms with E-state index in [1.807, 2.05) is 0 Å². The fraction of sp³-hybridized carbons (Fsp3) is 0.200. The lowest BCUT2D eigenvalue weighted by atomic mass is 10.2. The topological polar surface area (TPSA) is 107 Å². The number of nitrogens with one attached hydrogen (secondary N) is 1. The largest absolute Gasteiger partial charge is 0.573 e. The molecule has 1 atom stereocenters. The lowest BCUT2D eigenvalue weighted by Gasteiger charge is -2.15. The second-order valence-corrected chi connectivity index (χ2v) is 6.82. The highest BCUT2D eigenvalue weighted by Gasteiger charge is 2.33. The molecule has 2 aromatic carbocycles. The van der Waals surface area contributed by atoms with E-state index in [2.05, 4.69) is 25.1 Å². The van der Waals surface area contributed by atoms with Gasteiger partial charge in [0.15, 0.2) is 11.5 Å². The van der Waals surface area contributed by atoms with Gasteiger partial charge in [-0.3, -0.25) is 4.79 Å². The van der Waals surface area contributed by atoms with Crippen molar-refractivity contribution in [1.82, 2.24) is 19.6 Å². The highest BCUT2D eigenvalue weighted by molar-refractivity contribution is 5.93. The number of carbonyl (C=O) groups excluding carboxylic acids is 1. The number of nitrogens with zero attached hydrogens (tertiary/aromatic N) is 4. The van der Waals surface area contributed by atoms with Gasteiger partial charge in [-0.05, 0) is 36.8 Å². The molecule has 0 aliphatic carbocycles. The van der Waals surface area contributed by atoms with Gasteiger partial charge in [0.25, 0.3) is 0 Å². The number of halogens is 4. The zero-order valence-corrected chi connectivity index (χ0v) is 16.5. The Balaban J connectivity index is 1.94. The van der Waals surface area contributed by atoms with Crippen LogP contribution < -0.4 is 15.8 Å². The zero-order chi connectivity index (χ0) is 23.0. The molecule has 8 nitrogen and oxygen atoms in total. The molecular formula is C20H16F4N6O2. The van der Waals surface area contributed by atoms with E-state index < -0.39 is 29.9 Å². The minimum atomic E-state index is -5.00. The van der Waals surface area contributed by atoms with Crippen molar-refractivity contribution in [1.29, 1.82) is 0 Å². The average molecular weight is 448 g/mol. The summed E-state index contributed by atoms with van der Waals surface area (Å²) < 4.78 is 57.7. The number of alkyl halides is 3. The van der Waals surface area contributed by atoms with Crippen LogP contribution in [0.5, 0.6) is 5.75 Å². The third-order valence-electron chi connectivity index (χ3n) is 4.64. The summed E-state index contributed by atoms with van der Waals surface area (Å²) in [7, 11) is 0. The molecule has 0 aliphatic rings. The number of rotatable bonds is 6. The van der Waals surface area contributed by atoms with Gasteiger partial charge in [-0.15, -0.1) is 18.3 Å². The molecule has 1 amide bonds. The van der Waals surface area contributed by atoms with Crippen molar-refractivity contribution >= 4 is 28.4 Å². The molecule has 166 valence electrons. The van der Waals surface area contributed by atoms with Gasteiger partial charge in [-0.2, -0.15) is 4.52 Å². The summed E-state index contributed by atoms with van der Waals surface area (Å²) in [4.78, 5) is 20.5. The lowest BCUT2D eigenvalue weighted by molar-refractivity contribution is -0.274. The molecule has 2 heterocycles. The Kier molecular flexibility index (Phi) is 5.28. The van der Waals surface area contributed by atoms with Crippen molar-refractivity contribution in [3.8, 4) is 17.1 Å². The number of primary amides is 1. The first kappa shape index (κ1) is 21.3. The summed E-state index contributed by atoms with van der Waals surface area (Å²) in [6.45, 7) is 1.74. The number of carbonyl (C=O) groups is 1. The van der Waals surface area contributed by atoms with Crippen molar-refractivity contribution in [3.63, 3.8) is 0 Å². The normalized spacial score (nSPS) is 12.8. The predicted octanol–water partition coefficient (Wildman–Crippen LogP) is 3.66.